The van der Waals surface area contributed by atoms with E-state index in [0.29, 0.717) is 21.5 Å². The second kappa shape index (κ2) is 7.01. The van der Waals surface area contributed by atoms with Crippen LogP contribution < -0.4 is 5.32 Å². The van der Waals surface area contributed by atoms with Crippen molar-refractivity contribution in [2.45, 2.75) is 0 Å². The van der Waals surface area contributed by atoms with E-state index in [-0.39, 0.29) is 11.5 Å². The van der Waals surface area contributed by atoms with Crippen molar-refractivity contribution in [2.24, 2.45) is 4.99 Å². The molecule has 0 saturated carbocycles. The van der Waals surface area contributed by atoms with Gasteiger partial charge in [-0.15, -0.1) is 0 Å². The van der Waals surface area contributed by atoms with E-state index in [1.54, 1.807) is 42.7 Å². The van der Waals surface area contributed by atoms with Crippen molar-refractivity contribution in [1.29, 1.82) is 0 Å². The Balaban J connectivity index is 1.70. The largest absolute Gasteiger partial charge is 0.478 e. The Bertz CT molecular complexity index is 849. The molecule has 7 heteroatoms. The number of rotatable bonds is 4. The highest BCUT2D eigenvalue weighted by Crippen LogP contribution is 2.26. The average Bonchev–Trinajstić information content (AvgIpc) is 3.18. The van der Waals surface area contributed by atoms with Crippen LogP contribution in [-0.4, -0.2) is 22.2 Å². The first-order valence-electron chi connectivity index (χ1n) is 6.95. The van der Waals surface area contributed by atoms with Crippen LogP contribution in [0.25, 0.3) is 6.08 Å². The fourth-order valence-electron chi connectivity index (χ4n) is 1.91. The fourth-order valence-corrected chi connectivity index (χ4v) is 2.70. The molecule has 120 valence electrons. The van der Waals surface area contributed by atoms with Gasteiger partial charge in [0.05, 0.1) is 22.4 Å². The summed E-state index contributed by atoms with van der Waals surface area (Å²) in [4.78, 5) is 27.5. The molecule has 0 bridgehead atoms. The van der Waals surface area contributed by atoms with Crippen LogP contribution in [0.1, 0.15) is 16.1 Å². The molecule has 6 nitrogen and oxygen atoms in total. The number of aromatic carboxylic acids is 1. The van der Waals surface area contributed by atoms with Crippen LogP contribution >= 0.6 is 11.8 Å². The molecule has 1 aliphatic heterocycles. The maximum absolute atomic E-state index is 11.9. The molecule has 0 aliphatic carbocycles. The van der Waals surface area contributed by atoms with Gasteiger partial charge >= 0.3 is 5.97 Å². The van der Waals surface area contributed by atoms with Gasteiger partial charge in [0.25, 0.3) is 5.91 Å². The Morgan fingerprint density at radius 3 is 2.71 bits per heavy atom. The number of hydrogen-bond donors (Lipinski definition) is 2. The number of amidine groups is 1. The molecule has 0 atom stereocenters. The molecule has 1 aliphatic rings. The number of furan rings is 1. The first-order chi connectivity index (χ1) is 11.6. The molecule has 2 heterocycles. The Morgan fingerprint density at radius 1 is 1.25 bits per heavy atom. The van der Waals surface area contributed by atoms with Crippen molar-refractivity contribution >= 4 is 40.6 Å². The minimum atomic E-state index is -0.994. The van der Waals surface area contributed by atoms with E-state index < -0.39 is 5.97 Å². The van der Waals surface area contributed by atoms with Gasteiger partial charge in [-0.2, -0.15) is 0 Å². The van der Waals surface area contributed by atoms with Crippen LogP contribution in [0, 0.1) is 0 Å². The number of carboxylic acid groups (broad SMARTS) is 1. The zero-order valence-electron chi connectivity index (χ0n) is 12.3. The molecule has 2 aromatic rings. The molecule has 1 fully saturated rings. The third-order valence-corrected chi connectivity index (χ3v) is 3.98. The molecule has 1 saturated heterocycles. The molecule has 0 radical (unpaired) electrons. The van der Waals surface area contributed by atoms with E-state index in [1.807, 2.05) is 6.07 Å². The van der Waals surface area contributed by atoms with Crippen LogP contribution in [0.3, 0.4) is 0 Å². The van der Waals surface area contributed by atoms with Gasteiger partial charge in [-0.05, 0) is 60.3 Å². The van der Waals surface area contributed by atoms with Crippen LogP contribution in [0.4, 0.5) is 5.69 Å². The van der Waals surface area contributed by atoms with Crippen LogP contribution in [0.15, 0.2) is 69.1 Å². The SMILES string of the molecule is O=C1NC(=Nc2ccc(C(=O)O)cc2)SC1=CC=Cc1ccco1. The van der Waals surface area contributed by atoms with Crippen molar-refractivity contribution in [2.75, 3.05) is 0 Å². The van der Waals surface area contributed by atoms with Crippen LogP contribution in [-0.2, 0) is 4.79 Å². The molecule has 1 aromatic heterocycles. The number of thioether (sulfide) groups is 1. The molecule has 24 heavy (non-hydrogen) atoms. The summed E-state index contributed by atoms with van der Waals surface area (Å²) in [6.07, 6.45) is 6.73. The number of nitrogens with zero attached hydrogens (tertiary/aromatic N) is 1. The molecular formula is C17H12N2O4S. The van der Waals surface area contributed by atoms with Crippen molar-refractivity contribution in [3.63, 3.8) is 0 Å². The molecule has 3 rings (SSSR count). The number of nitrogens with one attached hydrogen (secondary N) is 1. The Hall–Kier alpha value is -3.06. The summed E-state index contributed by atoms with van der Waals surface area (Å²) >= 11 is 1.21. The summed E-state index contributed by atoms with van der Waals surface area (Å²) in [6, 6.07) is 9.69. The molecular weight excluding hydrogens is 328 g/mol. The van der Waals surface area contributed by atoms with Gasteiger partial charge in [0, 0.05) is 0 Å². The quantitative estimate of drug-likeness (QED) is 0.832. The van der Waals surface area contributed by atoms with E-state index in [1.165, 1.54) is 23.9 Å². The lowest BCUT2D eigenvalue weighted by atomic mass is 10.2. The minimum absolute atomic E-state index is 0.186. The van der Waals surface area contributed by atoms with E-state index in [9.17, 15) is 9.59 Å². The predicted molar refractivity (Wildman–Crippen MR) is 92.1 cm³/mol. The summed E-state index contributed by atoms with van der Waals surface area (Å²) in [5, 5.41) is 12.0. The third kappa shape index (κ3) is 3.82. The number of carbonyl (C=O) groups is 2. The van der Waals surface area contributed by atoms with Gasteiger partial charge in [0.2, 0.25) is 0 Å². The van der Waals surface area contributed by atoms with E-state index in [0.717, 1.165) is 0 Å². The number of allylic oxidation sites excluding steroid dienone is 2. The summed E-state index contributed by atoms with van der Waals surface area (Å²) < 4.78 is 5.16. The summed E-state index contributed by atoms with van der Waals surface area (Å²) in [5.41, 5.74) is 0.751. The van der Waals surface area contributed by atoms with Gasteiger partial charge in [0.15, 0.2) is 5.17 Å². The first-order valence-corrected chi connectivity index (χ1v) is 7.76. The van der Waals surface area contributed by atoms with E-state index in [4.69, 9.17) is 9.52 Å². The zero-order chi connectivity index (χ0) is 16.9. The zero-order valence-corrected chi connectivity index (χ0v) is 13.1. The number of carbonyl (C=O) groups excluding carboxylic acids is 1. The predicted octanol–water partition coefficient (Wildman–Crippen LogP) is 3.43. The summed E-state index contributed by atoms with van der Waals surface area (Å²) in [6.45, 7) is 0. The van der Waals surface area contributed by atoms with Gasteiger partial charge < -0.3 is 14.8 Å². The molecule has 1 aromatic carbocycles. The molecule has 0 spiro atoms. The van der Waals surface area contributed by atoms with Gasteiger partial charge in [-0.3, -0.25) is 4.79 Å². The number of hydrogen-bond acceptors (Lipinski definition) is 5. The lowest BCUT2D eigenvalue weighted by molar-refractivity contribution is -0.115. The average molecular weight is 340 g/mol. The van der Waals surface area contributed by atoms with Crippen molar-refractivity contribution in [3.8, 4) is 0 Å². The Labute approximate surface area is 141 Å². The van der Waals surface area contributed by atoms with E-state index in [2.05, 4.69) is 10.3 Å². The molecule has 0 unspecified atom stereocenters. The second-order valence-corrected chi connectivity index (χ2v) is 5.76. The molecule has 1 amide bonds. The summed E-state index contributed by atoms with van der Waals surface area (Å²) in [7, 11) is 0. The van der Waals surface area contributed by atoms with Gasteiger partial charge in [-0.25, -0.2) is 9.79 Å². The standard InChI is InChI=1S/C17H12N2O4S/c20-15-14(5-1-3-13-4-2-10-23-13)24-17(19-15)18-12-8-6-11(7-9-12)16(21)22/h1-10H,(H,21,22)(H,18,19,20). The Kier molecular flexibility index (Phi) is 4.62. The maximum Gasteiger partial charge on any atom is 0.335 e. The van der Waals surface area contributed by atoms with Crippen LogP contribution in [0.2, 0.25) is 0 Å². The number of carboxylic acids is 1. The van der Waals surface area contributed by atoms with Gasteiger partial charge in [-0.1, -0.05) is 6.08 Å². The topological polar surface area (TPSA) is 91.9 Å². The van der Waals surface area contributed by atoms with Crippen molar-refractivity contribution < 1.29 is 19.1 Å². The second-order valence-electron chi connectivity index (χ2n) is 4.73. The van der Waals surface area contributed by atoms with E-state index >= 15 is 0 Å². The fraction of sp³-hybridized carbons (Fsp3) is 0. The molecule has 2 N–H and O–H groups in total. The Morgan fingerprint density at radius 2 is 2.04 bits per heavy atom. The first kappa shape index (κ1) is 15.8. The highest BCUT2D eigenvalue weighted by Gasteiger charge is 2.23. The number of benzene rings is 1. The monoisotopic (exact) mass is 340 g/mol. The van der Waals surface area contributed by atoms with Crippen LogP contribution in [0.5, 0.6) is 0 Å². The lowest BCUT2D eigenvalue weighted by Crippen LogP contribution is -2.19. The van der Waals surface area contributed by atoms with Crippen molar-refractivity contribution in [3.05, 3.63) is 71.0 Å². The lowest BCUT2D eigenvalue weighted by Gasteiger charge is -1.97. The number of amides is 1. The van der Waals surface area contributed by atoms with Gasteiger partial charge in [0.1, 0.15) is 5.76 Å². The van der Waals surface area contributed by atoms with Crippen molar-refractivity contribution in [1.82, 2.24) is 5.32 Å². The highest BCUT2D eigenvalue weighted by molar-refractivity contribution is 8.18. The normalized spacial score (nSPS) is 17.8. The maximum atomic E-state index is 11.9. The minimum Gasteiger partial charge on any atom is -0.478 e. The number of aliphatic imine (C=N–C) groups is 1. The summed E-state index contributed by atoms with van der Waals surface area (Å²) in [5.74, 6) is -0.529. The smallest absolute Gasteiger partial charge is 0.335 e. The highest BCUT2D eigenvalue weighted by atomic mass is 32.2. The third-order valence-electron chi connectivity index (χ3n) is 3.05.